The molecule has 3 heteroatoms. The van der Waals surface area contributed by atoms with Crippen molar-refractivity contribution in [3.63, 3.8) is 0 Å². The van der Waals surface area contributed by atoms with Crippen LogP contribution in [-0.4, -0.2) is 37.0 Å². The van der Waals surface area contributed by atoms with Crippen LogP contribution in [0.15, 0.2) is 0 Å². The summed E-state index contributed by atoms with van der Waals surface area (Å²) in [5.74, 6) is 0.741. The molecule has 0 bridgehead atoms. The lowest BCUT2D eigenvalue weighted by molar-refractivity contribution is -0.118. The molecule has 0 spiro atoms. The van der Waals surface area contributed by atoms with Gasteiger partial charge in [-0.1, -0.05) is 0 Å². The number of likely N-dealkylation sites (tertiary alicyclic amines) is 1. The van der Waals surface area contributed by atoms with Gasteiger partial charge in [-0.15, -0.1) is 0 Å². The zero-order valence-electron chi connectivity index (χ0n) is 5.92. The zero-order chi connectivity index (χ0) is 6.97. The molecule has 56 valence electrons. The van der Waals surface area contributed by atoms with Crippen molar-refractivity contribution in [3.05, 3.63) is 0 Å². The minimum absolute atomic E-state index is 0.512. The average Bonchev–Trinajstić information content (AvgIpc) is 2.44. The molecule has 10 heavy (non-hydrogen) atoms. The predicted octanol–water partition coefficient (Wildman–Crippen LogP) is -0.563. The van der Waals surface area contributed by atoms with Gasteiger partial charge in [0.2, 0.25) is 6.41 Å². The smallest absolute Gasteiger partial charge is 0.210 e. The number of fused-ring (bicyclic) bond motifs is 1. The lowest BCUT2D eigenvalue weighted by Gasteiger charge is -2.16. The number of hydrogen-bond donors (Lipinski definition) is 1. The molecule has 0 saturated carbocycles. The van der Waals surface area contributed by atoms with Crippen molar-refractivity contribution in [2.24, 2.45) is 5.92 Å². The molecule has 0 aromatic heterocycles. The van der Waals surface area contributed by atoms with Crippen LogP contribution < -0.4 is 5.32 Å². The van der Waals surface area contributed by atoms with Gasteiger partial charge in [-0.2, -0.15) is 0 Å². The van der Waals surface area contributed by atoms with E-state index in [2.05, 4.69) is 5.32 Å². The van der Waals surface area contributed by atoms with Gasteiger partial charge in [0.25, 0.3) is 0 Å². The average molecular weight is 140 g/mol. The maximum atomic E-state index is 10.4. The van der Waals surface area contributed by atoms with Crippen LogP contribution in [0.4, 0.5) is 0 Å². The van der Waals surface area contributed by atoms with E-state index in [0.29, 0.717) is 6.04 Å². The number of carbonyl (C=O) groups excluding carboxylic acids is 1. The molecule has 2 rings (SSSR count). The summed E-state index contributed by atoms with van der Waals surface area (Å²) in [7, 11) is 0. The van der Waals surface area contributed by atoms with Crippen molar-refractivity contribution < 1.29 is 4.79 Å². The molecule has 2 atom stereocenters. The molecule has 0 radical (unpaired) electrons. The van der Waals surface area contributed by atoms with Crippen LogP contribution in [0.2, 0.25) is 0 Å². The molecule has 1 amide bonds. The van der Waals surface area contributed by atoms with Crippen LogP contribution in [-0.2, 0) is 4.79 Å². The highest BCUT2D eigenvalue weighted by Crippen LogP contribution is 2.25. The Labute approximate surface area is 60.4 Å². The standard InChI is InChI=1S/C7H12N2O/c10-5-9-2-1-6-3-8-4-7(6)9/h5-8H,1-4H2. The number of nitrogens with zero attached hydrogens (tertiary/aromatic N) is 1. The Morgan fingerprint density at radius 1 is 1.50 bits per heavy atom. The number of nitrogens with one attached hydrogen (secondary N) is 1. The van der Waals surface area contributed by atoms with Crippen molar-refractivity contribution in [1.82, 2.24) is 10.2 Å². The number of hydrogen-bond acceptors (Lipinski definition) is 2. The maximum absolute atomic E-state index is 10.4. The normalized spacial score (nSPS) is 38.2. The highest BCUT2D eigenvalue weighted by molar-refractivity contribution is 5.48. The second-order valence-corrected chi connectivity index (χ2v) is 3.12. The lowest BCUT2D eigenvalue weighted by atomic mass is 10.1. The molecule has 2 aliphatic rings. The van der Waals surface area contributed by atoms with Gasteiger partial charge < -0.3 is 10.2 Å². The van der Waals surface area contributed by atoms with Crippen LogP contribution in [0.5, 0.6) is 0 Å². The fourth-order valence-electron chi connectivity index (χ4n) is 2.01. The molecule has 2 fully saturated rings. The third-order valence-corrected chi connectivity index (χ3v) is 2.62. The van der Waals surface area contributed by atoms with Crippen molar-refractivity contribution in [2.75, 3.05) is 19.6 Å². The van der Waals surface area contributed by atoms with E-state index in [0.717, 1.165) is 32.0 Å². The zero-order valence-corrected chi connectivity index (χ0v) is 5.92. The maximum Gasteiger partial charge on any atom is 0.210 e. The molecule has 2 aliphatic heterocycles. The molecule has 2 unspecified atom stereocenters. The largest absolute Gasteiger partial charge is 0.341 e. The molecule has 0 aromatic carbocycles. The van der Waals surface area contributed by atoms with E-state index in [1.807, 2.05) is 4.90 Å². The molecular weight excluding hydrogens is 128 g/mol. The number of carbonyl (C=O) groups is 1. The van der Waals surface area contributed by atoms with Crippen molar-refractivity contribution >= 4 is 6.41 Å². The van der Waals surface area contributed by atoms with Gasteiger partial charge >= 0.3 is 0 Å². The van der Waals surface area contributed by atoms with E-state index in [4.69, 9.17) is 0 Å². The van der Waals surface area contributed by atoms with Crippen LogP contribution in [0.3, 0.4) is 0 Å². The van der Waals surface area contributed by atoms with Crippen molar-refractivity contribution in [2.45, 2.75) is 12.5 Å². The number of amides is 1. The summed E-state index contributed by atoms with van der Waals surface area (Å²) in [4.78, 5) is 12.4. The van der Waals surface area contributed by atoms with Crippen LogP contribution >= 0.6 is 0 Å². The summed E-state index contributed by atoms with van der Waals surface area (Å²) in [6.07, 6.45) is 2.17. The third-order valence-electron chi connectivity index (χ3n) is 2.62. The van der Waals surface area contributed by atoms with Crippen LogP contribution in [0, 0.1) is 5.92 Å². The summed E-state index contributed by atoms with van der Waals surface area (Å²) in [6.45, 7) is 3.08. The molecule has 1 N–H and O–H groups in total. The summed E-state index contributed by atoms with van der Waals surface area (Å²) >= 11 is 0. The summed E-state index contributed by atoms with van der Waals surface area (Å²) in [5.41, 5.74) is 0. The van der Waals surface area contributed by atoms with Crippen LogP contribution in [0.1, 0.15) is 6.42 Å². The van der Waals surface area contributed by atoms with Gasteiger partial charge in [0.05, 0.1) is 0 Å². The van der Waals surface area contributed by atoms with Gasteiger partial charge in [-0.25, -0.2) is 0 Å². The van der Waals surface area contributed by atoms with E-state index < -0.39 is 0 Å². The second kappa shape index (κ2) is 2.23. The monoisotopic (exact) mass is 140 g/mol. The lowest BCUT2D eigenvalue weighted by Crippen LogP contribution is -2.32. The van der Waals surface area contributed by atoms with Gasteiger partial charge in [0.15, 0.2) is 0 Å². The van der Waals surface area contributed by atoms with Gasteiger partial charge in [-0.3, -0.25) is 4.79 Å². The first kappa shape index (κ1) is 6.16. The third kappa shape index (κ3) is 0.736. The first-order valence-corrected chi connectivity index (χ1v) is 3.83. The highest BCUT2D eigenvalue weighted by Gasteiger charge is 2.36. The Bertz CT molecular complexity index is 149. The molecule has 2 heterocycles. The Morgan fingerprint density at radius 2 is 2.40 bits per heavy atom. The SMILES string of the molecule is O=CN1CCC2CNCC21. The minimum atomic E-state index is 0.512. The minimum Gasteiger partial charge on any atom is -0.341 e. The summed E-state index contributed by atoms with van der Waals surface area (Å²) < 4.78 is 0. The number of rotatable bonds is 1. The summed E-state index contributed by atoms with van der Waals surface area (Å²) in [6, 6.07) is 0.512. The summed E-state index contributed by atoms with van der Waals surface area (Å²) in [5, 5.41) is 3.29. The van der Waals surface area contributed by atoms with E-state index in [9.17, 15) is 4.79 Å². The Hall–Kier alpha value is -0.570. The molecule has 0 aliphatic carbocycles. The van der Waals surface area contributed by atoms with E-state index in [1.54, 1.807) is 0 Å². The van der Waals surface area contributed by atoms with E-state index >= 15 is 0 Å². The van der Waals surface area contributed by atoms with Crippen LogP contribution in [0.25, 0.3) is 0 Å². The molecule has 0 aromatic rings. The quantitative estimate of drug-likeness (QED) is 0.495. The van der Waals surface area contributed by atoms with Crippen molar-refractivity contribution in [3.8, 4) is 0 Å². The molecule has 3 nitrogen and oxygen atoms in total. The van der Waals surface area contributed by atoms with E-state index in [-0.39, 0.29) is 0 Å². The topological polar surface area (TPSA) is 32.3 Å². The van der Waals surface area contributed by atoms with Gasteiger partial charge in [-0.05, 0) is 12.3 Å². The Kier molecular flexibility index (Phi) is 1.38. The molecular formula is C7H12N2O. The second-order valence-electron chi connectivity index (χ2n) is 3.12. The Morgan fingerprint density at radius 3 is 3.20 bits per heavy atom. The highest BCUT2D eigenvalue weighted by atomic mass is 16.1. The fourth-order valence-corrected chi connectivity index (χ4v) is 2.01. The first-order valence-electron chi connectivity index (χ1n) is 3.83. The van der Waals surface area contributed by atoms with Gasteiger partial charge in [0.1, 0.15) is 0 Å². The Balaban J connectivity index is 2.07. The van der Waals surface area contributed by atoms with Crippen molar-refractivity contribution in [1.29, 1.82) is 0 Å². The van der Waals surface area contributed by atoms with Gasteiger partial charge in [0, 0.05) is 25.7 Å². The van der Waals surface area contributed by atoms with E-state index in [1.165, 1.54) is 6.42 Å². The fraction of sp³-hybridized carbons (Fsp3) is 0.857. The molecule has 2 saturated heterocycles. The predicted molar refractivity (Wildman–Crippen MR) is 37.5 cm³/mol. The first-order chi connectivity index (χ1) is 4.92.